The first-order valence-electron chi connectivity index (χ1n) is 9.59. The summed E-state index contributed by atoms with van der Waals surface area (Å²) in [6, 6.07) is 8.79. The van der Waals surface area contributed by atoms with Gasteiger partial charge < -0.3 is 9.64 Å². The fraction of sp³-hybridized carbons (Fsp3) is 0.667. The zero-order valence-electron chi connectivity index (χ0n) is 15.0. The Kier molecular flexibility index (Phi) is 6.30. The average molecular weight is 329 g/mol. The normalized spacial score (nSPS) is 19.8. The van der Waals surface area contributed by atoms with Crippen LogP contribution in [0.5, 0.6) is 0 Å². The van der Waals surface area contributed by atoms with Gasteiger partial charge in [-0.3, -0.25) is 4.79 Å². The highest BCUT2D eigenvalue weighted by Crippen LogP contribution is 2.29. The van der Waals surface area contributed by atoms with E-state index in [1.54, 1.807) is 7.11 Å². The van der Waals surface area contributed by atoms with Crippen LogP contribution in [0, 0.1) is 11.8 Å². The van der Waals surface area contributed by atoms with E-state index in [-0.39, 0.29) is 0 Å². The molecule has 2 fully saturated rings. The van der Waals surface area contributed by atoms with Gasteiger partial charge in [0.2, 0.25) is 5.91 Å². The molecule has 1 saturated carbocycles. The van der Waals surface area contributed by atoms with E-state index in [1.807, 2.05) is 0 Å². The Morgan fingerprint density at radius 1 is 1.00 bits per heavy atom. The van der Waals surface area contributed by atoms with Crippen molar-refractivity contribution in [3.63, 3.8) is 0 Å². The number of amides is 1. The largest absolute Gasteiger partial charge is 0.380 e. The molecule has 0 spiro atoms. The van der Waals surface area contributed by atoms with Gasteiger partial charge in [-0.2, -0.15) is 0 Å². The average Bonchev–Trinajstić information content (AvgIpc) is 3.10. The molecule has 1 aliphatic carbocycles. The van der Waals surface area contributed by atoms with Crippen LogP contribution in [0.1, 0.15) is 56.1 Å². The highest BCUT2D eigenvalue weighted by atomic mass is 16.5. The molecular formula is C21H31NO2. The zero-order chi connectivity index (χ0) is 16.8. The molecule has 1 aromatic carbocycles. The lowest BCUT2D eigenvalue weighted by atomic mass is 9.89. The summed E-state index contributed by atoms with van der Waals surface area (Å²) in [5.74, 6) is 1.79. The molecule has 3 nitrogen and oxygen atoms in total. The Hall–Kier alpha value is -1.35. The van der Waals surface area contributed by atoms with E-state index in [2.05, 4.69) is 29.2 Å². The summed E-state index contributed by atoms with van der Waals surface area (Å²) < 4.78 is 5.16. The molecule has 0 unspecified atom stereocenters. The van der Waals surface area contributed by atoms with Gasteiger partial charge in [0.05, 0.1) is 6.61 Å². The van der Waals surface area contributed by atoms with Crippen LogP contribution in [0.2, 0.25) is 0 Å². The number of piperidine rings is 1. The fourth-order valence-electron chi connectivity index (χ4n) is 4.25. The Morgan fingerprint density at radius 3 is 2.25 bits per heavy atom. The topological polar surface area (TPSA) is 29.5 Å². The Labute approximate surface area is 146 Å². The van der Waals surface area contributed by atoms with Crippen molar-refractivity contribution in [2.75, 3.05) is 20.2 Å². The summed E-state index contributed by atoms with van der Waals surface area (Å²) in [5.41, 5.74) is 2.64. The van der Waals surface area contributed by atoms with Gasteiger partial charge >= 0.3 is 0 Å². The SMILES string of the molecule is COCc1ccc(CC2CCN(C(=O)CC3CCCC3)CC2)cc1. The third-order valence-corrected chi connectivity index (χ3v) is 5.76. The Morgan fingerprint density at radius 2 is 1.62 bits per heavy atom. The van der Waals surface area contributed by atoms with Crippen LogP contribution < -0.4 is 0 Å². The predicted molar refractivity (Wildman–Crippen MR) is 96.7 cm³/mol. The van der Waals surface area contributed by atoms with Crippen LogP contribution in [0.25, 0.3) is 0 Å². The lowest BCUT2D eigenvalue weighted by molar-refractivity contribution is -0.133. The van der Waals surface area contributed by atoms with Crippen LogP contribution in [0.3, 0.4) is 0 Å². The van der Waals surface area contributed by atoms with Gasteiger partial charge in [-0.25, -0.2) is 0 Å². The monoisotopic (exact) mass is 329 g/mol. The first-order chi connectivity index (χ1) is 11.7. The van der Waals surface area contributed by atoms with Crippen LogP contribution in [0.15, 0.2) is 24.3 Å². The molecule has 0 N–H and O–H groups in total. The number of likely N-dealkylation sites (tertiary alicyclic amines) is 1. The number of ether oxygens (including phenoxy) is 1. The first kappa shape index (κ1) is 17.5. The third-order valence-electron chi connectivity index (χ3n) is 5.76. The summed E-state index contributed by atoms with van der Waals surface area (Å²) in [7, 11) is 1.73. The molecule has 1 amide bonds. The first-order valence-corrected chi connectivity index (χ1v) is 9.59. The molecule has 3 heteroatoms. The van der Waals surface area contributed by atoms with Crippen molar-refractivity contribution in [3.05, 3.63) is 35.4 Å². The lowest BCUT2D eigenvalue weighted by Gasteiger charge is -2.32. The van der Waals surface area contributed by atoms with E-state index in [9.17, 15) is 4.79 Å². The van der Waals surface area contributed by atoms with E-state index >= 15 is 0 Å². The van der Waals surface area contributed by atoms with Gasteiger partial charge in [0.1, 0.15) is 0 Å². The standard InChI is InChI=1S/C21H31NO2/c1-24-16-20-8-6-18(7-9-20)14-19-10-12-22(13-11-19)21(23)15-17-4-2-3-5-17/h6-9,17,19H,2-5,10-16H2,1H3. The van der Waals surface area contributed by atoms with Crippen molar-refractivity contribution in [1.82, 2.24) is 4.90 Å². The number of nitrogens with zero attached hydrogens (tertiary/aromatic N) is 1. The minimum atomic E-state index is 0.407. The van der Waals surface area contributed by atoms with Gasteiger partial charge in [-0.1, -0.05) is 37.1 Å². The van der Waals surface area contributed by atoms with Crippen molar-refractivity contribution in [3.8, 4) is 0 Å². The molecule has 24 heavy (non-hydrogen) atoms. The molecule has 0 bridgehead atoms. The number of carbonyl (C=O) groups excluding carboxylic acids is 1. The summed E-state index contributed by atoms with van der Waals surface area (Å²) >= 11 is 0. The van der Waals surface area contributed by atoms with E-state index < -0.39 is 0 Å². The van der Waals surface area contributed by atoms with E-state index in [0.29, 0.717) is 24.3 Å². The van der Waals surface area contributed by atoms with E-state index in [0.717, 1.165) is 38.8 Å². The molecule has 0 radical (unpaired) electrons. The number of carbonyl (C=O) groups is 1. The summed E-state index contributed by atoms with van der Waals surface area (Å²) in [4.78, 5) is 14.6. The van der Waals surface area contributed by atoms with Gasteiger partial charge in [0.15, 0.2) is 0 Å². The van der Waals surface area contributed by atoms with Gasteiger partial charge in [0, 0.05) is 26.6 Å². The molecule has 1 heterocycles. The van der Waals surface area contributed by atoms with Crippen molar-refractivity contribution in [1.29, 1.82) is 0 Å². The van der Waals surface area contributed by atoms with Crippen molar-refractivity contribution >= 4 is 5.91 Å². The minimum absolute atomic E-state index is 0.407. The number of benzene rings is 1. The summed E-state index contributed by atoms with van der Waals surface area (Å²) in [5, 5.41) is 0. The lowest BCUT2D eigenvalue weighted by Crippen LogP contribution is -2.39. The number of hydrogen-bond donors (Lipinski definition) is 0. The van der Waals surface area contributed by atoms with Gasteiger partial charge in [-0.15, -0.1) is 0 Å². The molecule has 132 valence electrons. The highest BCUT2D eigenvalue weighted by Gasteiger charge is 2.26. The van der Waals surface area contributed by atoms with Crippen LogP contribution in [-0.2, 0) is 22.6 Å². The van der Waals surface area contributed by atoms with Crippen molar-refractivity contribution in [2.45, 2.75) is 58.0 Å². The third kappa shape index (κ3) is 4.83. The molecule has 1 aromatic rings. The van der Waals surface area contributed by atoms with Crippen molar-refractivity contribution in [2.24, 2.45) is 11.8 Å². The molecule has 1 saturated heterocycles. The second-order valence-electron chi connectivity index (χ2n) is 7.63. The predicted octanol–water partition coefficient (Wildman–Crippen LogP) is 4.19. The second kappa shape index (κ2) is 8.66. The number of hydrogen-bond acceptors (Lipinski definition) is 2. The maximum Gasteiger partial charge on any atom is 0.222 e. The molecule has 0 aromatic heterocycles. The molecule has 2 aliphatic rings. The molecule has 0 atom stereocenters. The highest BCUT2D eigenvalue weighted by molar-refractivity contribution is 5.76. The summed E-state index contributed by atoms with van der Waals surface area (Å²) in [6.45, 7) is 2.59. The van der Waals surface area contributed by atoms with Gasteiger partial charge in [-0.05, 0) is 55.1 Å². The van der Waals surface area contributed by atoms with Crippen LogP contribution in [-0.4, -0.2) is 31.0 Å². The Bertz CT molecular complexity index is 511. The van der Waals surface area contributed by atoms with Crippen LogP contribution >= 0.6 is 0 Å². The molecular weight excluding hydrogens is 298 g/mol. The molecule has 1 aliphatic heterocycles. The minimum Gasteiger partial charge on any atom is -0.380 e. The van der Waals surface area contributed by atoms with Crippen molar-refractivity contribution < 1.29 is 9.53 Å². The smallest absolute Gasteiger partial charge is 0.222 e. The number of methoxy groups -OCH3 is 1. The van der Waals surface area contributed by atoms with E-state index in [4.69, 9.17) is 4.74 Å². The quantitative estimate of drug-likeness (QED) is 0.783. The fourth-order valence-corrected chi connectivity index (χ4v) is 4.25. The summed E-state index contributed by atoms with van der Waals surface area (Å²) in [6.07, 6.45) is 9.41. The zero-order valence-corrected chi connectivity index (χ0v) is 15.0. The Balaban J connectivity index is 1.42. The maximum absolute atomic E-state index is 12.4. The number of rotatable bonds is 6. The maximum atomic E-state index is 12.4. The van der Waals surface area contributed by atoms with E-state index in [1.165, 1.54) is 36.8 Å². The van der Waals surface area contributed by atoms with Gasteiger partial charge in [0.25, 0.3) is 0 Å². The van der Waals surface area contributed by atoms with Crippen LogP contribution in [0.4, 0.5) is 0 Å². The molecule has 3 rings (SSSR count). The second-order valence-corrected chi connectivity index (χ2v) is 7.63.